The fourth-order valence-electron chi connectivity index (χ4n) is 2.54. The average molecular weight is 304 g/mol. The molecule has 0 radical (unpaired) electrons. The van der Waals surface area contributed by atoms with Crippen LogP contribution in [0.15, 0.2) is 48.5 Å². The van der Waals surface area contributed by atoms with E-state index in [0.29, 0.717) is 11.7 Å². The van der Waals surface area contributed by atoms with Crippen molar-refractivity contribution in [1.29, 1.82) is 0 Å². The summed E-state index contributed by atoms with van der Waals surface area (Å²) < 4.78 is 0. The van der Waals surface area contributed by atoms with E-state index in [1.807, 2.05) is 24.3 Å². The minimum atomic E-state index is 0.334. The smallest absolute Gasteiger partial charge is 0.115 e. The van der Waals surface area contributed by atoms with Gasteiger partial charge in [-0.2, -0.15) is 0 Å². The highest BCUT2D eigenvalue weighted by atomic mass is 35.5. The van der Waals surface area contributed by atoms with E-state index in [9.17, 15) is 5.11 Å². The van der Waals surface area contributed by atoms with Crippen molar-refractivity contribution in [3.8, 4) is 5.75 Å². The predicted molar refractivity (Wildman–Crippen MR) is 89.0 cm³/mol. The van der Waals surface area contributed by atoms with Gasteiger partial charge >= 0.3 is 0 Å². The molecule has 0 bridgehead atoms. The molecule has 2 N–H and O–H groups in total. The summed E-state index contributed by atoms with van der Waals surface area (Å²) in [6, 6.07) is 15.6. The largest absolute Gasteiger partial charge is 0.508 e. The summed E-state index contributed by atoms with van der Waals surface area (Å²) in [5.74, 6) is 0.828. The Labute approximate surface area is 131 Å². The van der Waals surface area contributed by atoms with E-state index in [4.69, 9.17) is 11.6 Å². The molecule has 2 aromatic carbocycles. The second kappa shape index (κ2) is 8.06. The van der Waals surface area contributed by atoms with E-state index in [0.717, 1.165) is 31.0 Å². The van der Waals surface area contributed by atoms with Crippen molar-refractivity contribution >= 4 is 11.6 Å². The Balaban J connectivity index is 2.04. The summed E-state index contributed by atoms with van der Waals surface area (Å²) in [5, 5.41) is 13.8. The Morgan fingerprint density at radius 1 is 1.05 bits per heavy atom. The van der Waals surface area contributed by atoms with Gasteiger partial charge in [0.05, 0.1) is 0 Å². The maximum absolute atomic E-state index is 9.59. The third-order valence-corrected chi connectivity index (χ3v) is 3.81. The quantitative estimate of drug-likeness (QED) is 0.808. The van der Waals surface area contributed by atoms with Gasteiger partial charge in [0, 0.05) is 5.02 Å². The molecule has 0 spiro atoms. The normalized spacial score (nSPS) is 12.3. The van der Waals surface area contributed by atoms with Crippen molar-refractivity contribution in [2.75, 3.05) is 13.1 Å². The Morgan fingerprint density at radius 2 is 1.76 bits per heavy atom. The molecule has 0 aliphatic rings. The van der Waals surface area contributed by atoms with Crippen molar-refractivity contribution in [2.45, 2.75) is 19.8 Å². The van der Waals surface area contributed by atoms with E-state index < -0.39 is 0 Å². The Kier molecular flexibility index (Phi) is 6.09. The number of hydrogen-bond donors (Lipinski definition) is 2. The molecule has 0 aliphatic heterocycles. The molecule has 0 aromatic heterocycles. The zero-order chi connectivity index (χ0) is 15.1. The number of rotatable bonds is 7. The van der Waals surface area contributed by atoms with Gasteiger partial charge in [-0.25, -0.2) is 0 Å². The van der Waals surface area contributed by atoms with Gasteiger partial charge in [-0.15, -0.1) is 0 Å². The third kappa shape index (κ3) is 5.41. The molecule has 0 saturated heterocycles. The first-order chi connectivity index (χ1) is 10.2. The van der Waals surface area contributed by atoms with E-state index in [1.54, 1.807) is 6.07 Å². The lowest BCUT2D eigenvalue weighted by Gasteiger charge is -2.18. The predicted octanol–water partition coefficient (Wildman–Crippen LogP) is 4.06. The molecule has 2 rings (SSSR count). The molecule has 2 nitrogen and oxygen atoms in total. The lowest BCUT2D eigenvalue weighted by molar-refractivity contribution is 0.465. The topological polar surface area (TPSA) is 32.3 Å². The number of phenolic OH excluding ortho intramolecular Hbond substituents is 1. The van der Waals surface area contributed by atoms with E-state index in [1.165, 1.54) is 11.1 Å². The zero-order valence-electron chi connectivity index (χ0n) is 12.3. The first-order valence-electron chi connectivity index (χ1n) is 7.40. The molecule has 0 fully saturated rings. The molecular formula is C18H22ClNO. The third-order valence-electron chi connectivity index (χ3n) is 3.56. The summed E-state index contributed by atoms with van der Waals surface area (Å²) in [7, 11) is 0. The summed E-state index contributed by atoms with van der Waals surface area (Å²) >= 11 is 5.94. The molecule has 0 amide bonds. The van der Waals surface area contributed by atoms with Crippen LogP contribution in [-0.4, -0.2) is 18.2 Å². The van der Waals surface area contributed by atoms with Crippen molar-refractivity contribution in [3.63, 3.8) is 0 Å². The highest BCUT2D eigenvalue weighted by Crippen LogP contribution is 2.19. The van der Waals surface area contributed by atoms with Gasteiger partial charge in [0.1, 0.15) is 5.75 Å². The van der Waals surface area contributed by atoms with Crippen molar-refractivity contribution < 1.29 is 5.11 Å². The maximum atomic E-state index is 9.59. The highest BCUT2D eigenvalue weighted by Gasteiger charge is 2.11. The van der Waals surface area contributed by atoms with Crippen LogP contribution in [0.25, 0.3) is 0 Å². The van der Waals surface area contributed by atoms with Crippen molar-refractivity contribution in [3.05, 3.63) is 64.7 Å². The number of halogens is 1. The number of hydrogen-bond acceptors (Lipinski definition) is 2. The molecule has 21 heavy (non-hydrogen) atoms. The lowest BCUT2D eigenvalue weighted by atomic mass is 9.92. The average Bonchev–Trinajstić information content (AvgIpc) is 2.47. The fraction of sp³-hybridized carbons (Fsp3) is 0.333. The number of aromatic hydroxyl groups is 1. The van der Waals surface area contributed by atoms with E-state index >= 15 is 0 Å². The summed E-state index contributed by atoms with van der Waals surface area (Å²) in [6.45, 7) is 4.06. The molecule has 3 heteroatoms. The standard InChI is InChI=1S/C18H22ClNO/c1-2-20-13-16(10-14-6-8-17(19)9-7-14)11-15-4-3-5-18(21)12-15/h3-9,12,16,20-21H,2,10-11,13H2,1H3. The minimum Gasteiger partial charge on any atom is -0.508 e. The molecule has 1 atom stereocenters. The van der Waals surface area contributed by atoms with Crippen LogP contribution in [0.3, 0.4) is 0 Å². The van der Waals surface area contributed by atoms with E-state index in [2.05, 4.69) is 30.4 Å². The number of phenols is 1. The highest BCUT2D eigenvalue weighted by molar-refractivity contribution is 6.30. The number of benzene rings is 2. The molecule has 0 heterocycles. The van der Waals surface area contributed by atoms with Crippen LogP contribution in [0.2, 0.25) is 5.02 Å². The second-order valence-corrected chi connectivity index (χ2v) is 5.81. The van der Waals surface area contributed by atoms with Crippen LogP contribution in [0, 0.1) is 5.92 Å². The first-order valence-corrected chi connectivity index (χ1v) is 7.78. The Bertz CT molecular complexity index is 553. The molecule has 0 aliphatic carbocycles. The maximum Gasteiger partial charge on any atom is 0.115 e. The molecule has 112 valence electrons. The Morgan fingerprint density at radius 3 is 2.43 bits per heavy atom. The van der Waals surface area contributed by atoms with Gasteiger partial charge in [0.15, 0.2) is 0 Å². The first kappa shape index (κ1) is 15.9. The van der Waals surface area contributed by atoms with Gasteiger partial charge in [-0.3, -0.25) is 0 Å². The second-order valence-electron chi connectivity index (χ2n) is 5.38. The monoisotopic (exact) mass is 303 g/mol. The Hall–Kier alpha value is -1.51. The van der Waals surface area contributed by atoms with Gasteiger partial charge in [-0.1, -0.05) is 42.8 Å². The molecular weight excluding hydrogens is 282 g/mol. The van der Waals surface area contributed by atoms with Crippen LogP contribution < -0.4 is 5.32 Å². The molecule has 0 saturated carbocycles. The van der Waals surface area contributed by atoms with E-state index in [-0.39, 0.29) is 0 Å². The van der Waals surface area contributed by atoms with Crippen molar-refractivity contribution in [1.82, 2.24) is 5.32 Å². The summed E-state index contributed by atoms with van der Waals surface area (Å²) in [4.78, 5) is 0. The van der Waals surface area contributed by atoms with Crippen molar-refractivity contribution in [2.24, 2.45) is 5.92 Å². The summed E-state index contributed by atoms with van der Waals surface area (Å²) in [5.41, 5.74) is 2.47. The van der Waals surface area contributed by atoms with Crippen LogP contribution in [-0.2, 0) is 12.8 Å². The van der Waals surface area contributed by atoms with Gasteiger partial charge in [0.2, 0.25) is 0 Å². The van der Waals surface area contributed by atoms with Crippen LogP contribution >= 0.6 is 11.6 Å². The van der Waals surface area contributed by atoms with Gasteiger partial charge in [-0.05, 0) is 67.2 Å². The minimum absolute atomic E-state index is 0.334. The molecule has 2 aromatic rings. The summed E-state index contributed by atoms with van der Waals surface area (Å²) in [6.07, 6.45) is 1.95. The van der Waals surface area contributed by atoms with Gasteiger partial charge < -0.3 is 10.4 Å². The fourth-order valence-corrected chi connectivity index (χ4v) is 2.66. The lowest BCUT2D eigenvalue weighted by Crippen LogP contribution is -2.25. The SMILES string of the molecule is CCNCC(Cc1ccc(Cl)cc1)Cc1cccc(O)c1. The van der Waals surface area contributed by atoms with Gasteiger partial charge in [0.25, 0.3) is 0 Å². The van der Waals surface area contributed by atoms with Crippen LogP contribution in [0.5, 0.6) is 5.75 Å². The van der Waals surface area contributed by atoms with Crippen LogP contribution in [0.4, 0.5) is 0 Å². The zero-order valence-corrected chi connectivity index (χ0v) is 13.1. The van der Waals surface area contributed by atoms with Crippen LogP contribution in [0.1, 0.15) is 18.1 Å². The molecule has 1 unspecified atom stereocenters. The number of nitrogens with one attached hydrogen (secondary N) is 1.